The van der Waals surface area contributed by atoms with Crippen LogP contribution in [-0.4, -0.2) is 32.3 Å². The van der Waals surface area contributed by atoms with E-state index in [1.807, 2.05) is 0 Å². The molecule has 0 radical (unpaired) electrons. The quantitative estimate of drug-likeness (QED) is 0.532. The molecular weight excluding hydrogens is 361 g/mol. The van der Waals surface area contributed by atoms with Crippen molar-refractivity contribution in [1.29, 1.82) is 0 Å². The van der Waals surface area contributed by atoms with Crippen LogP contribution in [0.15, 0.2) is 61.1 Å². The summed E-state index contributed by atoms with van der Waals surface area (Å²) in [6.07, 6.45) is 3.03. The molecule has 2 aromatic heterocycles. The van der Waals surface area contributed by atoms with Crippen LogP contribution in [-0.2, 0) is 4.74 Å². The predicted molar refractivity (Wildman–Crippen MR) is 102 cm³/mol. The summed E-state index contributed by atoms with van der Waals surface area (Å²) >= 11 is 0. The highest BCUT2D eigenvalue weighted by molar-refractivity contribution is 5.91. The zero-order valence-corrected chi connectivity index (χ0v) is 15.0. The molecule has 1 N–H and O–H groups in total. The van der Waals surface area contributed by atoms with E-state index < -0.39 is 0 Å². The Morgan fingerprint density at radius 2 is 2.00 bits per heavy atom. The topological polar surface area (TPSA) is 81.9 Å². The highest BCUT2D eigenvalue weighted by Crippen LogP contribution is 2.25. The SMILES string of the molecule is CCOC(=O)c1ccc(Nc2ncnc3c2cnn3-c2cccc(F)c2)cc1. The van der Waals surface area contributed by atoms with Gasteiger partial charge in [0.1, 0.15) is 18.0 Å². The van der Waals surface area contributed by atoms with Gasteiger partial charge in [-0.1, -0.05) is 6.07 Å². The second-order valence-electron chi connectivity index (χ2n) is 5.92. The number of aromatic nitrogens is 4. The number of benzene rings is 2. The highest BCUT2D eigenvalue weighted by atomic mass is 19.1. The van der Waals surface area contributed by atoms with E-state index in [1.54, 1.807) is 54.2 Å². The number of hydrogen-bond acceptors (Lipinski definition) is 6. The molecule has 0 amide bonds. The van der Waals surface area contributed by atoms with E-state index in [9.17, 15) is 9.18 Å². The molecule has 8 heteroatoms. The number of nitrogens with one attached hydrogen (secondary N) is 1. The fourth-order valence-electron chi connectivity index (χ4n) is 2.78. The third kappa shape index (κ3) is 3.39. The molecule has 0 aliphatic rings. The summed E-state index contributed by atoms with van der Waals surface area (Å²) in [6, 6.07) is 13.0. The van der Waals surface area contributed by atoms with E-state index >= 15 is 0 Å². The molecule has 0 fully saturated rings. The minimum absolute atomic E-state index is 0.326. The molecule has 0 spiro atoms. The minimum atomic E-state index is -0.366. The van der Waals surface area contributed by atoms with E-state index in [-0.39, 0.29) is 11.8 Å². The number of ether oxygens (including phenoxy) is 1. The van der Waals surface area contributed by atoms with Gasteiger partial charge in [0.05, 0.1) is 29.4 Å². The van der Waals surface area contributed by atoms with E-state index in [1.165, 1.54) is 18.5 Å². The number of esters is 1. The summed E-state index contributed by atoms with van der Waals surface area (Å²) in [5.74, 6) is -0.165. The van der Waals surface area contributed by atoms with Crippen LogP contribution >= 0.6 is 0 Å². The van der Waals surface area contributed by atoms with Crippen LogP contribution in [0.2, 0.25) is 0 Å². The van der Waals surface area contributed by atoms with E-state index in [0.29, 0.717) is 34.7 Å². The molecule has 4 aromatic rings. The molecule has 0 saturated heterocycles. The van der Waals surface area contributed by atoms with Gasteiger partial charge in [0.15, 0.2) is 5.65 Å². The first kappa shape index (κ1) is 17.6. The van der Waals surface area contributed by atoms with Gasteiger partial charge < -0.3 is 10.1 Å². The van der Waals surface area contributed by atoms with Crippen LogP contribution in [0.5, 0.6) is 0 Å². The van der Waals surface area contributed by atoms with Gasteiger partial charge in [0.2, 0.25) is 0 Å². The Balaban J connectivity index is 1.64. The van der Waals surface area contributed by atoms with Crippen molar-refractivity contribution in [1.82, 2.24) is 19.7 Å². The van der Waals surface area contributed by atoms with E-state index in [0.717, 1.165) is 5.69 Å². The molecule has 0 unspecified atom stereocenters. The zero-order chi connectivity index (χ0) is 19.5. The van der Waals surface area contributed by atoms with Gasteiger partial charge >= 0.3 is 5.97 Å². The Kier molecular flexibility index (Phi) is 4.67. The second-order valence-corrected chi connectivity index (χ2v) is 5.92. The molecule has 0 bridgehead atoms. The monoisotopic (exact) mass is 377 g/mol. The lowest BCUT2D eigenvalue weighted by atomic mass is 10.2. The Morgan fingerprint density at radius 3 is 2.75 bits per heavy atom. The third-order valence-electron chi connectivity index (χ3n) is 4.08. The summed E-state index contributed by atoms with van der Waals surface area (Å²) in [4.78, 5) is 20.3. The van der Waals surface area contributed by atoms with Crippen LogP contribution in [0.25, 0.3) is 16.7 Å². The molecule has 2 aromatic carbocycles. The predicted octanol–water partition coefficient (Wildman–Crippen LogP) is 3.87. The van der Waals surface area contributed by atoms with Gasteiger partial charge in [-0.15, -0.1) is 0 Å². The molecule has 0 aliphatic carbocycles. The first-order valence-electron chi connectivity index (χ1n) is 8.64. The standard InChI is InChI=1S/C20H16FN5O2/c1-2-28-20(27)13-6-8-15(9-7-13)25-18-17-11-24-26(19(17)23-12-22-18)16-5-3-4-14(21)10-16/h3-12H,2H2,1H3,(H,22,23,25). The summed E-state index contributed by atoms with van der Waals surface area (Å²) in [5.41, 5.74) is 2.33. The largest absolute Gasteiger partial charge is 0.462 e. The van der Waals surface area contributed by atoms with Gasteiger partial charge in [-0.3, -0.25) is 0 Å². The van der Waals surface area contributed by atoms with Crippen LogP contribution in [0, 0.1) is 5.82 Å². The molecule has 140 valence electrons. The number of nitrogens with zero attached hydrogens (tertiary/aromatic N) is 4. The van der Waals surface area contributed by atoms with Gasteiger partial charge in [0, 0.05) is 5.69 Å². The molecule has 0 atom stereocenters. The van der Waals surface area contributed by atoms with Gasteiger partial charge in [-0.2, -0.15) is 5.10 Å². The summed E-state index contributed by atoms with van der Waals surface area (Å²) in [6.45, 7) is 2.09. The lowest BCUT2D eigenvalue weighted by molar-refractivity contribution is 0.0526. The maximum atomic E-state index is 13.5. The van der Waals surface area contributed by atoms with Crippen LogP contribution in [0.1, 0.15) is 17.3 Å². The molecule has 7 nitrogen and oxygen atoms in total. The molecule has 0 aliphatic heterocycles. The minimum Gasteiger partial charge on any atom is -0.462 e. The number of carbonyl (C=O) groups is 1. The summed E-state index contributed by atoms with van der Waals surface area (Å²) in [5, 5.41) is 8.19. The Bertz CT molecular complexity index is 1140. The number of hydrogen-bond donors (Lipinski definition) is 1. The first-order valence-corrected chi connectivity index (χ1v) is 8.64. The van der Waals surface area contributed by atoms with Crippen molar-refractivity contribution in [2.45, 2.75) is 6.92 Å². The van der Waals surface area contributed by atoms with Crippen molar-refractivity contribution < 1.29 is 13.9 Å². The lowest BCUT2D eigenvalue weighted by Gasteiger charge is -2.08. The average Bonchev–Trinajstić information content (AvgIpc) is 3.14. The third-order valence-corrected chi connectivity index (χ3v) is 4.08. The average molecular weight is 377 g/mol. The van der Waals surface area contributed by atoms with Crippen LogP contribution in [0.3, 0.4) is 0 Å². The lowest BCUT2D eigenvalue weighted by Crippen LogP contribution is -2.04. The molecule has 0 saturated carbocycles. The fourth-order valence-corrected chi connectivity index (χ4v) is 2.78. The second kappa shape index (κ2) is 7.43. The van der Waals surface area contributed by atoms with Crippen molar-refractivity contribution in [3.63, 3.8) is 0 Å². The number of fused-ring (bicyclic) bond motifs is 1. The highest BCUT2D eigenvalue weighted by Gasteiger charge is 2.12. The first-order chi connectivity index (χ1) is 13.7. The maximum absolute atomic E-state index is 13.5. The summed E-state index contributed by atoms with van der Waals surface area (Å²) in [7, 11) is 0. The van der Waals surface area contributed by atoms with Crippen molar-refractivity contribution in [3.8, 4) is 5.69 Å². The number of carbonyl (C=O) groups excluding carboxylic acids is 1. The number of halogens is 1. The number of rotatable bonds is 5. The van der Waals surface area contributed by atoms with Crippen LogP contribution < -0.4 is 5.32 Å². The van der Waals surface area contributed by atoms with E-state index in [4.69, 9.17) is 4.74 Å². The fraction of sp³-hybridized carbons (Fsp3) is 0.100. The Hall–Kier alpha value is -3.81. The van der Waals surface area contributed by atoms with Gasteiger partial charge in [0.25, 0.3) is 0 Å². The van der Waals surface area contributed by atoms with Crippen molar-refractivity contribution in [2.75, 3.05) is 11.9 Å². The van der Waals surface area contributed by atoms with Gasteiger partial charge in [-0.05, 0) is 49.4 Å². The maximum Gasteiger partial charge on any atom is 0.338 e. The smallest absolute Gasteiger partial charge is 0.338 e. The Labute approximate surface area is 159 Å². The molecule has 2 heterocycles. The molecule has 4 rings (SSSR count). The van der Waals surface area contributed by atoms with Gasteiger partial charge in [-0.25, -0.2) is 23.8 Å². The Morgan fingerprint density at radius 1 is 1.18 bits per heavy atom. The molecule has 28 heavy (non-hydrogen) atoms. The number of anilines is 2. The van der Waals surface area contributed by atoms with Crippen molar-refractivity contribution in [3.05, 3.63) is 72.4 Å². The van der Waals surface area contributed by atoms with Crippen molar-refractivity contribution in [2.24, 2.45) is 0 Å². The zero-order valence-electron chi connectivity index (χ0n) is 15.0. The summed E-state index contributed by atoms with van der Waals surface area (Å²) < 4.78 is 20.1. The molecular formula is C20H16FN5O2. The van der Waals surface area contributed by atoms with Crippen molar-refractivity contribution >= 4 is 28.5 Å². The normalized spacial score (nSPS) is 10.8. The van der Waals surface area contributed by atoms with E-state index in [2.05, 4.69) is 20.4 Å². The van der Waals surface area contributed by atoms with Crippen LogP contribution in [0.4, 0.5) is 15.9 Å².